The Balaban J connectivity index is 0.00000144. The number of ether oxygens (including phenoxy) is 1. The number of nitrogens with one attached hydrogen (secondary N) is 1. The first kappa shape index (κ1) is 21.4. The van der Waals surface area contributed by atoms with Gasteiger partial charge in [-0.1, -0.05) is 6.92 Å². The van der Waals surface area contributed by atoms with Crippen LogP contribution in [0.2, 0.25) is 0 Å². The average Bonchev–Trinajstić information content (AvgIpc) is 3.04. The number of hydrogen-bond donors (Lipinski definition) is 1. The van der Waals surface area contributed by atoms with Crippen LogP contribution in [0, 0.1) is 0 Å². The summed E-state index contributed by atoms with van der Waals surface area (Å²) in [6, 6.07) is -0.214. The minimum atomic E-state index is -0.214. The van der Waals surface area contributed by atoms with E-state index in [1.807, 2.05) is 11.8 Å². The first-order chi connectivity index (χ1) is 10.7. The fourth-order valence-electron chi connectivity index (χ4n) is 2.84. The highest BCUT2D eigenvalue weighted by atomic mass is 35.5. The number of piperazine rings is 1. The summed E-state index contributed by atoms with van der Waals surface area (Å²) >= 11 is 1.45. The summed E-state index contributed by atoms with van der Waals surface area (Å²) < 4.78 is 9.90. The molecule has 1 aromatic heterocycles. The summed E-state index contributed by atoms with van der Waals surface area (Å²) in [5.41, 5.74) is 0. The molecule has 2 aliphatic rings. The molecule has 2 atom stereocenters. The first-order valence-electron chi connectivity index (χ1n) is 7.90. The van der Waals surface area contributed by atoms with E-state index < -0.39 is 0 Å². The molecule has 0 aromatic carbocycles. The number of carbonyl (C=O) groups is 1. The number of carbonyl (C=O) groups excluding carboxylic acids is 1. The zero-order chi connectivity index (χ0) is 15.5. The number of rotatable bonds is 3. The lowest BCUT2D eigenvalue weighted by Gasteiger charge is -2.38. The van der Waals surface area contributed by atoms with E-state index in [-0.39, 0.29) is 42.9 Å². The van der Waals surface area contributed by atoms with Gasteiger partial charge in [0.1, 0.15) is 11.9 Å². The van der Waals surface area contributed by atoms with Crippen LogP contribution in [-0.4, -0.2) is 71.6 Å². The Bertz CT molecular complexity index is 525. The van der Waals surface area contributed by atoms with Gasteiger partial charge >= 0.3 is 0 Å². The van der Waals surface area contributed by atoms with Crippen molar-refractivity contribution in [3.05, 3.63) is 5.82 Å². The summed E-state index contributed by atoms with van der Waals surface area (Å²) in [6.07, 6.45) is 0.801. The Morgan fingerprint density at radius 3 is 2.62 bits per heavy atom. The largest absolute Gasteiger partial charge is 0.375 e. The van der Waals surface area contributed by atoms with Crippen molar-refractivity contribution in [2.24, 2.45) is 0 Å². The third-order valence-electron chi connectivity index (χ3n) is 4.22. The van der Waals surface area contributed by atoms with E-state index in [2.05, 4.69) is 26.5 Å². The Hall–Kier alpha value is -0.670. The van der Waals surface area contributed by atoms with Gasteiger partial charge in [0.25, 0.3) is 0 Å². The minimum Gasteiger partial charge on any atom is -0.375 e. The van der Waals surface area contributed by atoms with Crippen molar-refractivity contribution in [3.63, 3.8) is 0 Å². The number of hydrogen-bond acceptors (Lipinski definition) is 7. The minimum absolute atomic E-state index is 0. The number of amides is 1. The van der Waals surface area contributed by atoms with Crippen LogP contribution in [0.3, 0.4) is 0 Å². The van der Waals surface area contributed by atoms with Crippen LogP contribution in [0.15, 0.2) is 0 Å². The fraction of sp³-hybridized carbons (Fsp3) is 0.786. The third kappa shape index (κ3) is 4.70. The van der Waals surface area contributed by atoms with E-state index in [0.29, 0.717) is 6.61 Å². The molecule has 24 heavy (non-hydrogen) atoms. The monoisotopic (exact) mass is 397 g/mol. The quantitative estimate of drug-likeness (QED) is 0.819. The van der Waals surface area contributed by atoms with Gasteiger partial charge in [-0.25, -0.2) is 4.98 Å². The lowest BCUT2D eigenvalue weighted by Crippen LogP contribution is -2.59. The maximum atomic E-state index is 12.6. The first-order valence-corrected chi connectivity index (χ1v) is 8.67. The van der Waals surface area contributed by atoms with Crippen LogP contribution in [-0.2, 0) is 16.0 Å². The molecule has 1 aromatic rings. The lowest BCUT2D eigenvalue weighted by molar-refractivity contribution is -0.139. The highest BCUT2D eigenvalue weighted by Crippen LogP contribution is 2.20. The number of nitrogens with zero attached hydrogens (tertiary/aromatic N) is 4. The Morgan fingerprint density at radius 2 is 2.04 bits per heavy atom. The summed E-state index contributed by atoms with van der Waals surface area (Å²) in [4.78, 5) is 21.3. The van der Waals surface area contributed by atoms with Gasteiger partial charge in [-0.2, -0.15) is 4.37 Å². The molecule has 0 unspecified atom stereocenters. The highest BCUT2D eigenvalue weighted by molar-refractivity contribution is 7.09. The van der Waals surface area contributed by atoms with Crippen LogP contribution >= 0.6 is 36.3 Å². The van der Waals surface area contributed by atoms with Gasteiger partial charge in [0.05, 0.1) is 12.7 Å². The number of morpholine rings is 1. The second kappa shape index (κ2) is 9.72. The third-order valence-corrected chi connectivity index (χ3v) is 5.03. The van der Waals surface area contributed by atoms with Crippen molar-refractivity contribution in [1.82, 2.24) is 19.6 Å². The normalized spacial score (nSPS) is 24.1. The predicted molar refractivity (Wildman–Crippen MR) is 99.8 cm³/mol. The van der Waals surface area contributed by atoms with Crippen LogP contribution in [0.5, 0.6) is 0 Å². The number of halogens is 2. The van der Waals surface area contributed by atoms with Gasteiger partial charge in [-0.15, -0.1) is 24.8 Å². The number of anilines is 1. The molecule has 0 saturated carbocycles. The molecule has 7 nitrogen and oxygen atoms in total. The molecule has 2 aliphatic heterocycles. The van der Waals surface area contributed by atoms with Crippen molar-refractivity contribution < 1.29 is 9.53 Å². The molecule has 1 amide bonds. The molecular formula is C14H25Cl2N5O2S. The SMILES string of the molecule is CCc1nsc(N2CCN(C(=O)[C@H]3NCCO[C@@H]3C)CC2)n1.Cl.Cl. The maximum absolute atomic E-state index is 12.6. The molecule has 2 fully saturated rings. The van der Waals surface area contributed by atoms with Gasteiger partial charge in [-0.3, -0.25) is 4.79 Å². The maximum Gasteiger partial charge on any atom is 0.242 e. The second-order valence-corrected chi connectivity index (χ2v) is 6.40. The molecule has 138 valence electrons. The van der Waals surface area contributed by atoms with Gasteiger partial charge in [0, 0.05) is 50.7 Å². The van der Waals surface area contributed by atoms with Crippen LogP contribution in [0.25, 0.3) is 0 Å². The topological polar surface area (TPSA) is 70.6 Å². The lowest BCUT2D eigenvalue weighted by atomic mass is 10.1. The van der Waals surface area contributed by atoms with E-state index in [1.54, 1.807) is 0 Å². The molecule has 0 aliphatic carbocycles. The summed E-state index contributed by atoms with van der Waals surface area (Å²) in [6.45, 7) is 8.51. The molecule has 0 radical (unpaired) electrons. The summed E-state index contributed by atoms with van der Waals surface area (Å²) in [5.74, 6) is 1.05. The van der Waals surface area contributed by atoms with Gasteiger partial charge in [0.15, 0.2) is 0 Å². The molecular weight excluding hydrogens is 373 g/mol. The van der Waals surface area contributed by atoms with E-state index >= 15 is 0 Å². The molecule has 2 saturated heterocycles. The van der Waals surface area contributed by atoms with E-state index in [1.165, 1.54) is 11.5 Å². The van der Waals surface area contributed by atoms with Crippen molar-refractivity contribution in [2.45, 2.75) is 32.4 Å². The zero-order valence-corrected chi connectivity index (χ0v) is 16.4. The Morgan fingerprint density at radius 1 is 1.33 bits per heavy atom. The van der Waals surface area contributed by atoms with Crippen molar-refractivity contribution in [2.75, 3.05) is 44.2 Å². The smallest absolute Gasteiger partial charge is 0.242 e. The van der Waals surface area contributed by atoms with Crippen molar-refractivity contribution in [1.29, 1.82) is 0 Å². The predicted octanol–water partition coefficient (Wildman–Crippen LogP) is 0.970. The zero-order valence-electron chi connectivity index (χ0n) is 13.9. The molecule has 3 rings (SSSR count). The summed E-state index contributed by atoms with van der Waals surface area (Å²) in [5, 5.41) is 4.24. The van der Waals surface area contributed by atoms with Crippen molar-refractivity contribution in [3.8, 4) is 0 Å². The highest BCUT2D eigenvalue weighted by Gasteiger charge is 2.33. The molecule has 10 heteroatoms. The standard InChI is InChI=1S/C14H23N5O2S.2ClH/c1-3-11-16-14(22-17-11)19-7-5-18(6-8-19)13(20)12-10(2)21-9-4-15-12;;/h10,12,15H,3-9H2,1-2H3;2*1H/t10-,12+;;/m1../s1. The molecule has 1 N–H and O–H groups in total. The number of aryl methyl sites for hydroxylation is 1. The van der Waals surface area contributed by atoms with Crippen molar-refractivity contribution >= 4 is 47.4 Å². The van der Waals surface area contributed by atoms with Crippen LogP contribution < -0.4 is 10.2 Å². The second-order valence-electron chi connectivity index (χ2n) is 5.67. The summed E-state index contributed by atoms with van der Waals surface area (Å²) in [7, 11) is 0. The fourth-order valence-corrected chi connectivity index (χ4v) is 3.64. The van der Waals surface area contributed by atoms with Gasteiger partial charge in [0.2, 0.25) is 11.0 Å². The van der Waals surface area contributed by atoms with Crippen LogP contribution in [0.4, 0.5) is 5.13 Å². The molecule has 3 heterocycles. The number of aromatic nitrogens is 2. The average molecular weight is 398 g/mol. The van der Waals surface area contributed by atoms with Crippen LogP contribution in [0.1, 0.15) is 19.7 Å². The van der Waals surface area contributed by atoms with E-state index in [4.69, 9.17) is 4.74 Å². The van der Waals surface area contributed by atoms with E-state index in [9.17, 15) is 4.79 Å². The molecule has 0 spiro atoms. The van der Waals surface area contributed by atoms with E-state index in [0.717, 1.165) is 50.1 Å². The van der Waals surface area contributed by atoms with Gasteiger partial charge < -0.3 is 19.9 Å². The Labute approximate surface area is 159 Å². The Kier molecular flexibility index (Phi) is 8.66. The van der Waals surface area contributed by atoms with Gasteiger partial charge in [-0.05, 0) is 6.92 Å². The molecule has 0 bridgehead atoms.